The van der Waals surface area contributed by atoms with Crippen LogP contribution in [0.15, 0.2) is 24.3 Å². The van der Waals surface area contributed by atoms with Crippen molar-refractivity contribution in [3.05, 3.63) is 34.9 Å². The predicted octanol–water partition coefficient (Wildman–Crippen LogP) is 4.85. The molecule has 194 valence electrons. The number of amides is 3. The molecule has 8 heteroatoms. The van der Waals surface area contributed by atoms with Crippen LogP contribution >= 0.6 is 11.6 Å². The van der Waals surface area contributed by atoms with Crippen LogP contribution in [0.5, 0.6) is 0 Å². The molecule has 1 aliphatic carbocycles. The third-order valence-corrected chi connectivity index (χ3v) is 7.34. The summed E-state index contributed by atoms with van der Waals surface area (Å²) in [5, 5.41) is 6.61. The van der Waals surface area contributed by atoms with Gasteiger partial charge in [-0.3, -0.25) is 9.59 Å². The van der Waals surface area contributed by atoms with Gasteiger partial charge in [0.15, 0.2) is 0 Å². The number of nitrogens with zero attached hydrogens (tertiary/aromatic N) is 1. The van der Waals surface area contributed by atoms with Gasteiger partial charge in [-0.2, -0.15) is 0 Å². The molecule has 35 heavy (non-hydrogen) atoms. The number of ether oxygens (including phenoxy) is 1. The number of carbonyl (C=O) groups is 3. The molecule has 2 N–H and O–H groups in total. The highest BCUT2D eigenvalue weighted by Gasteiger charge is 2.44. The monoisotopic (exact) mass is 506 g/mol. The first-order valence-corrected chi connectivity index (χ1v) is 13.0. The number of piperidine rings is 1. The summed E-state index contributed by atoms with van der Waals surface area (Å²) >= 11 is 6.02. The van der Waals surface area contributed by atoms with E-state index >= 15 is 0 Å². The Labute approximate surface area is 215 Å². The van der Waals surface area contributed by atoms with Crippen molar-refractivity contribution < 1.29 is 20.5 Å². The summed E-state index contributed by atoms with van der Waals surface area (Å²) in [6.45, 7) is 5.83. The molecule has 0 radical (unpaired) electrons. The highest BCUT2D eigenvalue weighted by Crippen LogP contribution is 2.39. The molecule has 2 fully saturated rings. The van der Waals surface area contributed by atoms with Crippen molar-refractivity contribution in [3.63, 3.8) is 0 Å². The number of nitrogens with one attached hydrogen (secondary N) is 2. The fourth-order valence-corrected chi connectivity index (χ4v) is 5.59. The van der Waals surface area contributed by atoms with Crippen LogP contribution in [0.3, 0.4) is 0 Å². The maximum Gasteiger partial charge on any atom is 0.408 e. The summed E-state index contributed by atoms with van der Waals surface area (Å²) in [5.74, 6) is 0.227. The van der Waals surface area contributed by atoms with Crippen LogP contribution in [-0.2, 0) is 20.7 Å². The molecule has 0 unspecified atom stereocenters. The van der Waals surface area contributed by atoms with Gasteiger partial charge in [0, 0.05) is 38.4 Å². The molecule has 1 aliphatic heterocycles. The number of likely N-dealkylation sites (tertiary alicyclic amines) is 1. The van der Waals surface area contributed by atoms with Gasteiger partial charge in [0.2, 0.25) is 11.8 Å². The Bertz CT molecular complexity index is 910. The molecule has 2 aliphatic rings. The average molecular weight is 507 g/mol. The first-order valence-electron chi connectivity index (χ1n) is 13.3. The van der Waals surface area contributed by atoms with Gasteiger partial charge in [-0.1, -0.05) is 43.0 Å². The van der Waals surface area contributed by atoms with Crippen molar-refractivity contribution >= 4 is 29.5 Å². The van der Waals surface area contributed by atoms with E-state index in [-0.39, 0.29) is 24.3 Å². The van der Waals surface area contributed by atoms with Gasteiger partial charge in [0.05, 0.1) is 0 Å². The number of halogens is 1. The SMILES string of the molecule is [2H]CC(C)(C)OC(=O)N[C@@H](Cc1ccc(Cl)cc1)C(=O)N1CCC(NC(C)=O)(C2CCCCC2)CC1. The van der Waals surface area contributed by atoms with E-state index in [1.54, 1.807) is 37.8 Å². The van der Waals surface area contributed by atoms with Crippen molar-refractivity contribution in [2.24, 2.45) is 5.92 Å². The summed E-state index contributed by atoms with van der Waals surface area (Å²) in [4.78, 5) is 40.2. The summed E-state index contributed by atoms with van der Waals surface area (Å²) in [6.07, 6.45) is 6.78. The Morgan fingerprint density at radius 2 is 1.80 bits per heavy atom. The summed E-state index contributed by atoms with van der Waals surface area (Å²) in [6, 6.07) is 6.37. The largest absolute Gasteiger partial charge is 0.444 e. The van der Waals surface area contributed by atoms with Crippen LogP contribution in [0.2, 0.25) is 5.02 Å². The highest BCUT2D eigenvalue weighted by atomic mass is 35.5. The normalized spacial score (nSPS) is 19.9. The third-order valence-electron chi connectivity index (χ3n) is 7.09. The summed E-state index contributed by atoms with van der Waals surface area (Å²) in [5.41, 5.74) is -0.370. The zero-order chi connectivity index (χ0) is 26.3. The molecule has 1 saturated carbocycles. The zero-order valence-electron chi connectivity index (χ0n) is 22.2. The topological polar surface area (TPSA) is 87.7 Å². The fourth-order valence-electron chi connectivity index (χ4n) is 5.47. The second-order valence-corrected chi connectivity index (χ2v) is 11.1. The van der Waals surface area contributed by atoms with E-state index in [9.17, 15) is 14.4 Å². The van der Waals surface area contributed by atoms with E-state index < -0.39 is 17.7 Å². The van der Waals surface area contributed by atoms with Crippen LogP contribution in [0.25, 0.3) is 0 Å². The molecular weight excluding hydrogens is 466 g/mol. The molecule has 1 atom stereocenters. The van der Waals surface area contributed by atoms with Crippen molar-refractivity contribution in [1.82, 2.24) is 15.5 Å². The first kappa shape index (κ1) is 25.8. The van der Waals surface area contributed by atoms with Crippen LogP contribution in [-0.4, -0.2) is 53.1 Å². The van der Waals surface area contributed by atoms with Gasteiger partial charge in [-0.25, -0.2) is 4.79 Å². The molecule has 3 amide bonds. The third kappa shape index (κ3) is 7.86. The fraction of sp³-hybridized carbons (Fsp3) is 0.667. The molecule has 1 heterocycles. The lowest BCUT2D eigenvalue weighted by Crippen LogP contribution is -2.61. The van der Waals surface area contributed by atoms with E-state index in [1.165, 1.54) is 19.3 Å². The van der Waals surface area contributed by atoms with E-state index in [1.807, 2.05) is 12.1 Å². The Morgan fingerprint density at radius 3 is 2.37 bits per heavy atom. The molecular formula is C27H40ClN3O4. The summed E-state index contributed by atoms with van der Waals surface area (Å²) < 4.78 is 13.0. The number of hydrogen-bond donors (Lipinski definition) is 2. The lowest BCUT2D eigenvalue weighted by atomic mass is 9.69. The maximum absolute atomic E-state index is 13.7. The van der Waals surface area contributed by atoms with Gasteiger partial charge in [-0.15, -0.1) is 0 Å². The Kier molecular flexibility index (Phi) is 8.58. The first-order chi connectivity index (χ1) is 17.0. The minimum atomic E-state index is -0.957. The molecule has 1 saturated heterocycles. The molecule has 1 aromatic rings. The van der Waals surface area contributed by atoms with Gasteiger partial charge < -0.3 is 20.3 Å². The molecule has 0 aromatic heterocycles. The number of benzene rings is 1. The Morgan fingerprint density at radius 1 is 1.17 bits per heavy atom. The summed E-state index contributed by atoms with van der Waals surface area (Å²) in [7, 11) is 0. The quantitative estimate of drug-likeness (QED) is 0.577. The Hall–Kier alpha value is -2.28. The van der Waals surface area contributed by atoms with Crippen molar-refractivity contribution in [3.8, 4) is 0 Å². The van der Waals surface area contributed by atoms with Crippen LogP contribution in [0, 0.1) is 5.92 Å². The molecule has 0 bridgehead atoms. The number of hydrogen-bond acceptors (Lipinski definition) is 4. The second kappa shape index (κ2) is 11.6. The van der Waals surface area contributed by atoms with E-state index in [0.717, 1.165) is 18.4 Å². The smallest absolute Gasteiger partial charge is 0.408 e. The van der Waals surface area contributed by atoms with E-state index in [2.05, 4.69) is 10.6 Å². The minimum Gasteiger partial charge on any atom is -0.444 e. The highest BCUT2D eigenvalue weighted by molar-refractivity contribution is 6.30. The number of alkyl carbamates (subject to hydrolysis) is 1. The predicted molar refractivity (Wildman–Crippen MR) is 137 cm³/mol. The molecule has 3 rings (SSSR count). The van der Waals surface area contributed by atoms with Crippen LogP contribution in [0.4, 0.5) is 4.79 Å². The maximum atomic E-state index is 13.7. The van der Waals surface area contributed by atoms with Gasteiger partial charge >= 0.3 is 6.09 Å². The number of carbonyl (C=O) groups excluding carboxylic acids is 3. The van der Waals surface area contributed by atoms with Gasteiger partial charge in [-0.05, 0) is 70.0 Å². The zero-order valence-corrected chi connectivity index (χ0v) is 22.0. The average Bonchev–Trinajstić information content (AvgIpc) is 2.85. The van der Waals surface area contributed by atoms with Crippen molar-refractivity contribution in [2.75, 3.05) is 13.1 Å². The van der Waals surface area contributed by atoms with Crippen LogP contribution in [0.1, 0.15) is 79.6 Å². The van der Waals surface area contributed by atoms with E-state index in [4.69, 9.17) is 17.7 Å². The number of rotatable bonds is 6. The molecule has 0 spiro atoms. The van der Waals surface area contributed by atoms with E-state index in [0.29, 0.717) is 43.3 Å². The second-order valence-electron chi connectivity index (χ2n) is 10.7. The van der Waals surface area contributed by atoms with Crippen molar-refractivity contribution in [1.29, 1.82) is 0 Å². The lowest BCUT2D eigenvalue weighted by molar-refractivity contribution is -0.136. The molecule has 7 nitrogen and oxygen atoms in total. The van der Waals surface area contributed by atoms with Crippen LogP contribution < -0.4 is 10.6 Å². The lowest BCUT2D eigenvalue weighted by Gasteiger charge is -2.48. The minimum absolute atomic E-state index is 0.0256. The Balaban J connectivity index is 1.73. The van der Waals surface area contributed by atoms with Gasteiger partial charge in [0.1, 0.15) is 11.6 Å². The standard InChI is InChI=1S/C27H40ClN3O4/c1-19(32)30-27(21-8-6-5-7-9-21)14-16-31(17-15-27)24(33)23(29-25(34)35-26(2,3)4)18-20-10-12-22(28)13-11-20/h10-13,21,23H,5-9,14-18H2,1-4H3,(H,29,34)(H,30,32)/t23-/m0/s1/i2D. The molecule has 1 aromatic carbocycles. The van der Waals surface area contributed by atoms with Crippen molar-refractivity contribution in [2.45, 2.75) is 96.2 Å². The van der Waals surface area contributed by atoms with Gasteiger partial charge in [0.25, 0.3) is 0 Å².